The van der Waals surface area contributed by atoms with Gasteiger partial charge in [0.05, 0.1) is 28.9 Å². The van der Waals surface area contributed by atoms with E-state index in [0.717, 1.165) is 4.90 Å². The molecule has 0 aliphatic carbocycles. The van der Waals surface area contributed by atoms with Crippen molar-refractivity contribution >= 4 is 29.3 Å². The first-order chi connectivity index (χ1) is 13.0. The van der Waals surface area contributed by atoms with Crippen LogP contribution in [-0.4, -0.2) is 27.3 Å². The second-order valence-electron chi connectivity index (χ2n) is 5.71. The highest BCUT2D eigenvalue weighted by molar-refractivity contribution is 8.00. The van der Waals surface area contributed by atoms with Gasteiger partial charge in [-0.15, -0.1) is 11.8 Å². The number of primary amides is 1. The molecule has 6 nitrogen and oxygen atoms in total. The van der Waals surface area contributed by atoms with Gasteiger partial charge in [-0.05, 0) is 31.2 Å². The average Bonchev–Trinajstić information content (AvgIpc) is 3.02. The van der Waals surface area contributed by atoms with Crippen molar-refractivity contribution in [3.63, 3.8) is 0 Å². The van der Waals surface area contributed by atoms with Crippen LogP contribution in [0.3, 0.4) is 0 Å². The normalized spacial score (nSPS) is 10.6. The fourth-order valence-electron chi connectivity index (χ4n) is 2.53. The van der Waals surface area contributed by atoms with Crippen LogP contribution >= 0.6 is 11.8 Å². The molecule has 0 radical (unpaired) electrons. The molecular formula is C19H17FN4O2S. The van der Waals surface area contributed by atoms with E-state index in [4.69, 9.17) is 5.73 Å². The van der Waals surface area contributed by atoms with E-state index in [1.54, 1.807) is 49.4 Å². The first-order valence-corrected chi connectivity index (χ1v) is 9.07. The Morgan fingerprint density at radius 1 is 1.19 bits per heavy atom. The number of carbonyl (C=O) groups excluding carboxylic acids is 2. The van der Waals surface area contributed by atoms with Gasteiger partial charge in [0.25, 0.3) is 5.91 Å². The first-order valence-electron chi connectivity index (χ1n) is 8.08. The van der Waals surface area contributed by atoms with Gasteiger partial charge in [0.1, 0.15) is 11.5 Å². The Morgan fingerprint density at radius 2 is 1.89 bits per heavy atom. The highest BCUT2D eigenvalue weighted by Crippen LogP contribution is 2.27. The molecule has 1 heterocycles. The molecule has 0 aliphatic rings. The Hall–Kier alpha value is -3.13. The Morgan fingerprint density at radius 3 is 2.63 bits per heavy atom. The SMILES string of the molecule is Cc1c(C(=O)Nc2ccccc2SCC(N)=O)cnn1-c1ccccc1F. The number of aromatic nitrogens is 2. The van der Waals surface area contributed by atoms with Crippen LogP contribution in [0.25, 0.3) is 5.69 Å². The Kier molecular flexibility index (Phi) is 5.56. The van der Waals surface area contributed by atoms with Crippen LogP contribution in [0.1, 0.15) is 16.1 Å². The van der Waals surface area contributed by atoms with Crippen molar-refractivity contribution in [2.75, 3.05) is 11.1 Å². The summed E-state index contributed by atoms with van der Waals surface area (Å²) in [6.07, 6.45) is 1.40. The summed E-state index contributed by atoms with van der Waals surface area (Å²) < 4.78 is 15.4. The number of nitrogens with zero attached hydrogens (tertiary/aromatic N) is 2. The average molecular weight is 384 g/mol. The number of hydrogen-bond donors (Lipinski definition) is 2. The van der Waals surface area contributed by atoms with Crippen LogP contribution in [0.15, 0.2) is 59.6 Å². The van der Waals surface area contributed by atoms with Crippen LogP contribution in [0.4, 0.5) is 10.1 Å². The summed E-state index contributed by atoms with van der Waals surface area (Å²) in [4.78, 5) is 24.4. The lowest BCUT2D eigenvalue weighted by molar-refractivity contribution is -0.115. The van der Waals surface area contributed by atoms with E-state index in [-0.39, 0.29) is 17.3 Å². The number of halogens is 1. The molecule has 0 aliphatic heterocycles. The van der Waals surface area contributed by atoms with E-state index in [9.17, 15) is 14.0 Å². The summed E-state index contributed by atoms with van der Waals surface area (Å²) in [5.74, 6) is -1.13. The minimum Gasteiger partial charge on any atom is -0.369 e. The quantitative estimate of drug-likeness (QED) is 0.639. The molecule has 3 aromatic rings. The van der Waals surface area contributed by atoms with Gasteiger partial charge < -0.3 is 11.1 Å². The molecule has 0 unspecified atom stereocenters. The zero-order valence-corrected chi connectivity index (χ0v) is 15.3. The summed E-state index contributed by atoms with van der Waals surface area (Å²) in [5.41, 5.74) is 6.86. The maximum absolute atomic E-state index is 14.0. The number of hydrogen-bond acceptors (Lipinski definition) is 4. The Labute approximate surface area is 159 Å². The fourth-order valence-corrected chi connectivity index (χ4v) is 3.28. The smallest absolute Gasteiger partial charge is 0.259 e. The lowest BCUT2D eigenvalue weighted by Crippen LogP contribution is -2.15. The number of para-hydroxylation sites is 2. The number of benzene rings is 2. The number of anilines is 1. The largest absolute Gasteiger partial charge is 0.369 e. The van der Waals surface area contributed by atoms with Crippen LogP contribution in [0.5, 0.6) is 0 Å². The third-order valence-electron chi connectivity index (χ3n) is 3.84. The third kappa shape index (κ3) is 4.17. The molecule has 0 spiro atoms. The van der Waals surface area contributed by atoms with E-state index in [1.165, 1.54) is 28.7 Å². The Bertz CT molecular complexity index is 1000. The summed E-state index contributed by atoms with van der Waals surface area (Å²) >= 11 is 1.24. The van der Waals surface area contributed by atoms with E-state index < -0.39 is 11.7 Å². The molecule has 3 rings (SSSR count). The molecule has 0 bridgehead atoms. The van der Waals surface area contributed by atoms with Crippen molar-refractivity contribution in [1.82, 2.24) is 9.78 Å². The minimum absolute atomic E-state index is 0.108. The molecule has 138 valence electrons. The predicted octanol–water partition coefficient (Wildman–Crippen LogP) is 3.15. The van der Waals surface area contributed by atoms with Crippen LogP contribution in [-0.2, 0) is 4.79 Å². The zero-order valence-electron chi connectivity index (χ0n) is 14.5. The minimum atomic E-state index is -0.442. The molecule has 0 atom stereocenters. The summed E-state index contributed by atoms with van der Waals surface area (Å²) in [6, 6.07) is 13.3. The molecular weight excluding hydrogens is 367 g/mol. The molecule has 1 aromatic heterocycles. The number of rotatable bonds is 6. The summed E-state index contributed by atoms with van der Waals surface area (Å²) in [5, 5.41) is 6.95. The van der Waals surface area contributed by atoms with E-state index in [0.29, 0.717) is 16.9 Å². The molecule has 0 saturated heterocycles. The molecule has 3 N–H and O–H groups in total. The van der Waals surface area contributed by atoms with E-state index in [1.807, 2.05) is 0 Å². The van der Waals surface area contributed by atoms with Gasteiger partial charge in [-0.2, -0.15) is 5.10 Å². The van der Waals surface area contributed by atoms with Gasteiger partial charge >= 0.3 is 0 Å². The van der Waals surface area contributed by atoms with Crippen molar-refractivity contribution < 1.29 is 14.0 Å². The van der Waals surface area contributed by atoms with Gasteiger partial charge in [0.15, 0.2) is 0 Å². The molecule has 2 aromatic carbocycles. The fraction of sp³-hybridized carbons (Fsp3) is 0.105. The van der Waals surface area contributed by atoms with Crippen LogP contribution < -0.4 is 11.1 Å². The standard InChI is InChI=1S/C19H17FN4O2S/c1-12-13(10-22-24(12)16-8-4-2-6-14(16)20)19(26)23-15-7-3-5-9-17(15)27-11-18(21)25/h2-10H,11H2,1H3,(H2,21,25)(H,23,26). The van der Waals surface area contributed by atoms with E-state index >= 15 is 0 Å². The maximum Gasteiger partial charge on any atom is 0.259 e. The zero-order chi connectivity index (χ0) is 19.4. The van der Waals surface area contributed by atoms with Gasteiger partial charge in [-0.1, -0.05) is 24.3 Å². The predicted molar refractivity (Wildman–Crippen MR) is 103 cm³/mol. The lowest BCUT2D eigenvalue weighted by atomic mass is 10.2. The highest BCUT2D eigenvalue weighted by Gasteiger charge is 2.18. The second kappa shape index (κ2) is 8.05. The van der Waals surface area contributed by atoms with Gasteiger partial charge in [-0.25, -0.2) is 9.07 Å². The molecule has 8 heteroatoms. The molecule has 0 fully saturated rings. The lowest BCUT2D eigenvalue weighted by Gasteiger charge is -2.10. The monoisotopic (exact) mass is 384 g/mol. The van der Waals surface area contributed by atoms with Crippen molar-refractivity contribution in [2.24, 2.45) is 5.73 Å². The molecule has 0 saturated carbocycles. The third-order valence-corrected chi connectivity index (χ3v) is 4.94. The maximum atomic E-state index is 14.0. The second-order valence-corrected chi connectivity index (χ2v) is 6.73. The topological polar surface area (TPSA) is 90.0 Å². The van der Waals surface area contributed by atoms with Crippen molar-refractivity contribution in [1.29, 1.82) is 0 Å². The van der Waals surface area contributed by atoms with Gasteiger partial charge in [0.2, 0.25) is 5.91 Å². The number of amides is 2. The van der Waals surface area contributed by atoms with Crippen LogP contribution in [0, 0.1) is 12.7 Å². The van der Waals surface area contributed by atoms with Gasteiger partial charge in [0, 0.05) is 4.90 Å². The van der Waals surface area contributed by atoms with Crippen molar-refractivity contribution in [3.05, 3.63) is 71.8 Å². The molecule has 2 amide bonds. The van der Waals surface area contributed by atoms with Crippen LogP contribution in [0.2, 0.25) is 0 Å². The van der Waals surface area contributed by atoms with Crippen molar-refractivity contribution in [3.8, 4) is 5.69 Å². The number of carbonyl (C=O) groups is 2. The van der Waals surface area contributed by atoms with E-state index in [2.05, 4.69) is 10.4 Å². The number of nitrogens with two attached hydrogens (primary N) is 1. The summed E-state index contributed by atoms with van der Waals surface area (Å²) in [6.45, 7) is 1.70. The van der Waals surface area contributed by atoms with Gasteiger partial charge in [-0.3, -0.25) is 9.59 Å². The van der Waals surface area contributed by atoms with Crippen molar-refractivity contribution in [2.45, 2.75) is 11.8 Å². The Balaban J connectivity index is 1.84. The number of thioether (sulfide) groups is 1. The summed E-state index contributed by atoms with van der Waals surface area (Å²) in [7, 11) is 0. The molecule has 27 heavy (non-hydrogen) atoms. The number of nitrogens with one attached hydrogen (secondary N) is 1. The highest BCUT2D eigenvalue weighted by atomic mass is 32.2. The first kappa shape index (κ1) is 18.7.